The number of amides is 3. The number of hydrogen-bond acceptors (Lipinski definition) is 6. The van der Waals surface area contributed by atoms with E-state index in [1.54, 1.807) is 37.5 Å². The summed E-state index contributed by atoms with van der Waals surface area (Å²) in [4.78, 5) is 32.6. The van der Waals surface area contributed by atoms with Gasteiger partial charge in [0, 0.05) is 0 Å². The average Bonchev–Trinajstić information content (AvgIpc) is 3.35. The number of para-hydroxylation sites is 1. The van der Waals surface area contributed by atoms with Crippen LogP contribution >= 0.6 is 0 Å². The molecule has 0 saturated carbocycles. The summed E-state index contributed by atoms with van der Waals surface area (Å²) in [6.45, 7) is 2.08. The molecule has 0 spiro atoms. The van der Waals surface area contributed by atoms with E-state index in [0.717, 1.165) is 12.0 Å². The minimum atomic E-state index is -0.579. The van der Waals surface area contributed by atoms with Crippen molar-refractivity contribution in [2.75, 3.05) is 12.0 Å². The van der Waals surface area contributed by atoms with Crippen LogP contribution in [-0.4, -0.2) is 39.5 Å². The summed E-state index contributed by atoms with van der Waals surface area (Å²) in [5, 5.41) is 4.07. The number of benzene rings is 2. The number of urea groups is 1. The molecular formula is C26H23N4O4+. The number of methoxy groups -OCH3 is 1. The van der Waals surface area contributed by atoms with Crippen molar-refractivity contribution in [3.63, 3.8) is 0 Å². The molecule has 0 fully saturated rings. The van der Waals surface area contributed by atoms with Crippen LogP contribution in [0.25, 0.3) is 11.4 Å². The normalized spacial score (nSPS) is 17.4. The van der Waals surface area contributed by atoms with Crippen LogP contribution in [-0.2, 0) is 17.8 Å². The lowest BCUT2D eigenvalue weighted by Gasteiger charge is -2.26. The molecule has 1 unspecified atom stereocenters. The number of hydrogen-bond donors (Lipinski definition) is 0. The Hall–Kier alpha value is -4.33. The summed E-state index contributed by atoms with van der Waals surface area (Å²) in [6.07, 6.45) is 8.05. The molecule has 0 bridgehead atoms. The number of anilines is 1. The molecule has 34 heavy (non-hydrogen) atoms. The van der Waals surface area contributed by atoms with Gasteiger partial charge in [-0.15, -0.1) is 4.90 Å². The van der Waals surface area contributed by atoms with Crippen LogP contribution in [0.2, 0.25) is 0 Å². The Balaban J connectivity index is 1.51. The molecule has 170 valence electrons. The summed E-state index contributed by atoms with van der Waals surface area (Å²) in [5.41, 5.74) is 2.92. The van der Waals surface area contributed by atoms with Crippen molar-refractivity contribution < 1.29 is 23.4 Å². The lowest BCUT2D eigenvalue weighted by Crippen LogP contribution is -2.54. The van der Waals surface area contributed by atoms with Crippen molar-refractivity contribution >= 4 is 23.3 Å². The van der Waals surface area contributed by atoms with E-state index in [-0.39, 0.29) is 18.3 Å². The van der Waals surface area contributed by atoms with Crippen molar-refractivity contribution in [1.82, 2.24) is 10.1 Å². The molecule has 5 rings (SSSR count). The summed E-state index contributed by atoms with van der Waals surface area (Å²) in [5.74, 6) is 0.359. The second kappa shape index (κ2) is 8.90. The molecule has 1 aromatic heterocycles. The van der Waals surface area contributed by atoms with Crippen molar-refractivity contribution in [2.24, 2.45) is 5.92 Å². The van der Waals surface area contributed by atoms with Crippen LogP contribution in [0, 0.1) is 5.92 Å². The maximum atomic E-state index is 13.6. The number of ether oxygens (including phenoxy) is 1. The fourth-order valence-electron chi connectivity index (χ4n) is 4.13. The minimum Gasteiger partial charge on any atom is -0.496 e. The molecular weight excluding hydrogens is 432 g/mol. The number of aromatic nitrogens is 2. The zero-order valence-corrected chi connectivity index (χ0v) is 18.8. The Labute approximate surface area is 196 Å². The number of rotatable bonds is 6. The van der Waals surface area contributed by atoms with E-state index < -0.39 is 11.9 Å². The van der Waals surface area contributed by atoms with Gasteiger partial charge in [0.25, 0.3) is 5.89 Å². The zero-order chi connectivity index (χ0) is 23.7. The van der Waals surface area contributed by atoms with E-state index in [1.165, 1.54) is 9.48 Å². The third kappa shape index (κ3) is 3.73. The maximum Gasteiger partial charge on any atom is 0.506 e. The molecule has 8 nitrogen and oxygen atoms in total. The Morgan fingerprint density at radius 1 is 1.09 bits per heavy atom. The van der Waals surface area contributed by atoms with Crippen LogP contribution in [0.5, 0.6) is 5.75 Å². The molecule has 1 atom stereocenters. The van der Waals surface area contributed by atoms with Gasteiger partial charge in [-0.3, -0.25) is 0 Å². The first-order chi connectivity index (χ1) is 16.6. The number of imide groups is 1. The van der Waals surface area contributed by atoms with E-state index in [1.807, 2.05) is 42.5 Å². The average molecular weight is 455 g/mol. The summed E-state index contributed by atoms with van der Waals surface area (Å²) in [7, 11) is 1.57. The summed E-state index contributed by atoms with van der Waals surface area (Å²) >= 11 is 0. The van der Waals surface area contributed by atoms with Gasteiger partial charge < -0.3 is 9.26 Å². The Morgan fingerprint density at radius 3 is 2.65 bits per heavy atom. The van der Waals surface area contributed by atoms with Gasteiger partial charge >= 0.3 is 11.9 Å². The molecule has 2 heterocycles. The van der Waals surface area contributed by atoms with Gasteiger partial charge in [0.2, 0.25) is 5.82 Å². The molecule has 3 aromatic rings. The summed E-state index contributed by atoms with van der Waals surface area (Å²) < 4.78 is 12.4. The SMILES string of the molecule is CCc1ccc(N2C(=O)C3C=CC=CC3=[N+](Cc3nc(-c4ccccc4OC)no3)C2=O)cc1. The van der Waals surface area contributed by atoms with Crippen molar-refractivity contribution in [1.29, 1.82) is 0 Å². The third-order valence-electron chi connectivity index (χ3n) is 5.93. The number of aryl methyl sites for hydroxylation is 1. The molecule has 1 aliphatic heterocycles. The Morgan fingerprint density at radius 2 is 1.88 bits per heavy atom. The lowest BCUT2D eigenvalue weighted by atomic mass is 9.94. The van der Waals surface area contributed by atoms with Crippen molar-refractivity contribution in [3.8, 4) is 17.1 Å². The van der Waals surface area contributed by atoms with E-state index >= 15 is 0 Å². The molecule has 3 amide bonds. The van der Waals surface area contributed by atoms with Gasteiger partial charge in [0.15, 0.2) is 6.54 Å². The van der Waals surface area contributed by atoms with Gasteiger partial charge in [-0.05, 0) is 42.3 Å². The van der Waals surface area contributed by atoms with Crippen LogP contribution in [0.3, 0.4) is 0 Å². The quantitative estimate of drug-likeness (QED) is 0.519. The highest BCUT2D eigenvalue weighted by atomic mass is 16.5. The fraction of sp³-hybridized carbons (Fsp3) is 0.192. The predicted molar refractivity (Wildman–Crippen MR) is 126 cm³/mol. The second-order valence-electron chi connectivity index (χ2n) is 7.92. The maximum absolute atomic E-state index is 13.6. The van der Waals surface area contributed by atoms with Crippen LogP contribution in [0.1, 0.15) is 18.4 Å². The minimum absolute atomic E-state index is 0.0296. The Bertz CT molecular complexity index is 1350. The third-order valence-corrected chi connectivity index (χ3v) is 5.93. The molecule has 2 aromatic carbocycles. The molecule has 0 radical (unpaired) electrons. The van der Waals surface area contributed by atoms with Crippen molar-refractivity contribution in [2.45, 2.75) is 19.9 Å². The van der Waals surface area contributed by atoms with Crippen LogP contribution in [0.4, 0.5) is 10.5 Å². The number of fused-ring (bicyclic) bond motifs is 1. The summed E-state index contributed by atoms with van der Waals surface area (Å²) in [6, 6.07) is 14.3. The first-order valence-electron chi connectivity index (χ1n) is 11.0. The van der Waals surface area contributed by atoms with Gasteiger partial charge in [0.1, 0.15) is 23.1 Å². The smallest absolute Gasteiger partial charge is 0.496 e. The topological polar surface area (TPSA) is 88.5 Å². The number of carbonyl (C=O) groups excluding carboxylic acids is 2. The fourth-order valence-corrected chi connectivity index (χ4v) is 4.13. The van der Waals surface area contributed by atoms with Gasteiger partial charge in [-0.1, -0.05) is 54.6 Å². The molecule has 1 aliphatic carbocycles. The van der Waals surface area contributed by atoms with Gasteiger partial charge in [-0.2, -0.15) is 14.4 Å². The Kier molecular flexibility index (Phi) is 5.63. The van der Waals surface area contributed by atoms with E-state index in [9.17, 15) is 9.59 Å². The first-order valence-corrected chi connectivity index (χ1v) is 11.0. The number of nitrogens with zero attached hydrogens (tertiary/aromatic N) is 4. The largest absolute Gasteiger partial charge is 0.506 e. The highest BCUT2D eigenvalue weighted by Gasteiger charge is 2.48. The monoisotopic (exact) mass is 455 g/mol. The van der Waals surface area contributed by atoms with Crippen molar-refractivity contribution in [3.05, 3.63) is 84.3 Å². The number of allylic oxidation sites excluding steroid dienone is 3. The molecule has 0 saturated heterocycles. The number of carbonyl (C=O) groups is 2. The molecule has 8 heteroatoms. The van der Waals surface area contributed by atoms with Crippen LogP contribution in [0.15, 0.2) is 77.4 Å². The molecule has 0 N–H and O–H groups in total. The molecule has 2 aliphatic rings. The predicted octanol–water partition coefficient (Wildman–Crippen LogP) is 4.17. The van der Waals surface area contributed by atoms with E-state index in [0.29, 0.717) is 28.5 Å². The first kappa shape index (κ1) is 21.5. The van der Waals surface area contributed by atoms with Gasteiger partial charge in [0.05, 0.1) is 12.7 Å². The van der Waals surface area contributed by atoms with Crippen LogP contribution < -0.4 is 9.64 Å². The van der Waals surface area contributed by atoms with Gasteiger partial charge in [-0.25, -0.2) is 4.79 Å². The second-order valence-corrected chi connectivity index (χ2v) is 7.92. The van der Waals surface area contributed by atoms with E-state index in [4.69, 9.17) is 9.26 Å². The standard InChI is InChI=1S/C26H23N4O4/c1-3-17-12-14-18(15-13-17)30-25(31)19-8-4-6-10-21(19)29(26(30)32)16-23-27-24(28-34-23)20-9-5-7-11-22(20)33-2/h4-15,19H,3,16H2,1-2H3/q+1. The highest BCUT2D eigenvalue weighted by Crippen LogP contribution is 2.29. The lowest BCUT2D eigenvalue weighted by molar-refractivity contribution is -0.449. The highest BCUT2D eigenvalue weighted by molar-refractivity contribution is 6.25. The zero-order valence-electron chi connectivity index (χ0n) is 18.8. The van der Waals surface area contributed by atoms with E-state index in [2.05, 4.69) is 17.1 Å².